The Bertz CT molecular complexity index is 283. The van der Waals surface area contributed by atoms with E-state index in [4.69, 9.17) is 10.6 Å². The average Bonchev–Trinajstić information content (AvgIpc) is 2.22. The van der Waals surface area contributed by atoms with E-state index in [-0.39, 0.29) is 12.6 Å². The summed E-state index contributed by atoms with van der Waals surface area (Å²) in [5, 5.41) is 3.31. The molecule has 0 aliphatic carbocycles. The van der Waals surface area contributed by atoms with Gasteiger partial charge in [-0.25, -0.2) is 0 Å². The van der Waals surface area contributed by atoms with Crippen LogP contribution in [0.3, 0.4) is 0 Å². The summed E-state index contributed by atoms with van der Waals surface area (Å²) in [6, 6.07) is 0.454. The first kappa shape index (κ1) is 20.9. The summed E-state index contributed by atoms with van der Waals surface area (Å²) in [6.07, 6.45) is 0.222. The highest BCUT2D eigenvalue weighted by molar-refractivity contribution is 7.57. The van der Waals surface area contributed by atoms with Crippen molar-refractivity contribution in [1.82, 2.24) is 5.32 Å². The normalized spacial score (nSPS) is 15.5. The summed E-state index contributed by atoms with van der Waals surface area (Å²) in [6.45, 7) is 9.84. The molecule has 0 aromatic carbocycles. The molecule has 0 saturated heterocycles. The lowest BCUT2D eigenvalue weighted by atomic mass is 10.2. The maximum Gasteiger partial charge on any atom is 0.322 e. The van der Waals surface area contributed by atoms with Gasteiger partial charge in [0.15, 0.2) is 7.37 Å². The van der Waals surface area contributed by atoms with E-state index in [9.17, 15) is 9.36 Å². The van der Waals surface area contributed by atoms with Gasteiger partial charge in [0.25, 0.3) is 0 Å². The molecule has 4 N–H and O–H groups in total. The fraction of sp³-hybridized carbons (Fsp3) is 0.917. The van der Waals surface area contributed by atoms with Gasteiger partial charge in [-0.15, -0.1) is 0 Å². The Morgan fingerprint density at radius 1 is 1.32 bits per heavy atom. The number of methoxy groups -OCH3 is 1. The van der Waals surface area contributed by atoms with Gasteiger partial charge in [0.05, 0.1) is 7.11 Å². The lowest BCUT2D eigenvalue weighted by molar-refractivity contribution is -0.142. The Morgan fingerprint density at radius 2 is 1.74 bits per heavy atom. The monoisotopic (exact) mass is 296 g/mol. The van der Waals surface area contributed by atoms with Crippen LogP contribution in [-0.2, 0) is 14.1 Å². The SMILES string of the molecule is CC(C)NC(C)C.COC(=O)C(N)CCP(C)(=O)O. The highest BCUT2D eigenvalue weighted by Gasteiger charge is 2.18. The quantitative estimate of drug-likeness (QED) is 0.502. The average molecular weight is 296 g/mol. The van der Waals surface area contributed by atoms with E-state index in [2.05, 4.69) is 37.7 Å². The zero-order chi connectivity index (χ0) is 15.6. The highest BCUT2D eigenvalue weighted by Crippen LogP contribution is 2.35. The molecule has 0 aliphatic heterocycles. The fourth-order valence-electron chi connectivity index (χ4n) is 1.31. The van der Waals surface area contributed by atoms with E-state index in [0.717, 1.165) is 0 Å². The third-order valence-electron chi connectivity index (χ3n) is 2.03. The van der Waals surface area contributed by atoms with E-state index in [1.165, 1.54) is 13.8 Å². The number of hydrogen-bond acceptors (Lipinski definition) is 5. The number of hydrogen-bond donors (Lipinski definition) is 3. The number of carbonyl (C=O) groups excluding carboxylic acids is 1. The van der Waals surface area contributed by atoms with Gasteiger partial charge in [-0.05, 0) is 6.42 Å². The smallest absolute Gasteiger partial charge is 0.322 e. The molecule has 6 nitrogen and oxygen atoms in total. The van der Waals surface area contributed by atoms with Crippen molar-refractivity contribution in [3.63, 3.8) is 0 Å². The molecule has 0 saturated carbocycles. The van der Waals surface area contributed by atoms with Crippen LogP contribution in [-0.4, -0.2) is 48.9 Å². The minimum atomic E-state index is -3.06. The topological polar surface area (TPSA) is 102 Å². The second-order valence-corrected chi connectivity index (χ2v) is 7.72. The predicted molar refractivity (Wildman–Crippen MR) is 78.6 cm³/mol. The van der Waals surface area contributed by atoms with E-state index >= 15 is 0 Å². The molecule has 0 radical (unpaired) electrons. The molecule has 116 valence electrons. The number of esters is 1. The number of ether oxygens (including phenoxy) is 1. The molecular weight excluding hydrogens is 267 g/mol. The van der Waals surface area contributed by atoms with Crippen molar-refractivity contribution in [3.05, 3.63) is 0 Å². The van der Waals surface area contributed by atoms with Crippen LogP contribution in [0.5, 0.6) is 0 Å². The Hall–Kier alpha value is -0.420. The molecule has 7 heteroatoms. The molecule has 0 spiro atoms. The second-order valence-electron chi connectivity index (χ2n) is 5.17. The molecular formula is C12H29N2O4P. The van der Waals surface area contributed by atoms with Crippen molar-refractivity contribution < 1.29 is 19.0 Å². The van der Waals surface area contributed by atoms with Crippen molar-refractivity contribution in [2.24, 2.45) is 5.73 Å². The van der Waals surface area contributed by atoms with Crippen molar-refractivity contribution in [1.29, 1.82) is 0 Å². The standard InChI is InChI=1S/C6H14NO4P.C6H15N/c1-11-6(8)5(7)3-4-12(2,9)10;1-5(2)7-6(3)4/h5H,3-4,7H2,1-2H3,(H,9,10);5-7H,1-4H3. The van der Waals surface area contributed by atoms with E-state index in [1.807, 2.05) is 0 Å². The number of nitrogens with one attached hydrogen (secondary N) is 1. The maximum absolute atomic E-state index is 10.8. The third kappa shape index (κ3) is 17.6. The van der Waals surface area contributed by atoms with Crippen molar-refractivity contribution >= 4 is 13.3 Å². The molecule has 0 aliphatic rings. The summed E-state index contributed by atoms with van der Waals surface area (Å²) in [5.41, 5.74) is 5.33. The van der Waals surface area contributed by atoms with E-state index < -0.39 is 19.4 Å². The Labute approximate surface area is 116 Å². The van der Waals surface area contributed by atoms with Gasteiger partial charge in [0, 0.05) is 24.9 Å². The molecule has 0 fully saturated rings. The Morgan fingerprint density at radius 3 is 1.95 bits per heavy atom. The fourth-order valence-corrected chi connectivity index (χ4v) is 2.07. The highest BCUT2D eigenvalue weighted by atomic mass is 31.2. The van der Waals surface area contributed by atoms with Gasteiger partial charge in [-0.1, -0.05) is 27.7 Å². The van der Waals surface area contributed by atoms with Gasteiger partial charge in [0.1, 0.15) is 6.04 Å². The molecule has 2 unspecified atom stereocenters. The Kier molecular flexibility index (Phi) is 11.4. The predicted octanol–water partition coefficient (Wildman–Crippen LogP) is 1.17. The Balaban J connectivity index is 0. The van der Waals surface area contributed by atoms with Gasteiger partial charge < -0.3 is 20.7 Å². The zero-order valence-electron chi connectivity index (χ0n) is 12.8. The largest absolute Gasteiger partial charge is 0.468 e. The molecule has 2 atom stereocenters. The molecule has 0 bridgehead atoms. The summed E-state index contributed by atoms with van der Waals surface area (Å²) in [7, 11) is -1.83. The first-order chi connectivity index (χ1) is 8.49. The van der Waals surface area contributed by atoms with Crippen LogP contribution in [0.1, 0.15) is 34.1 Å². The molecule has 0 heterocycles. The number of nitrogens with two attached hydrogens (primary N) is 1. The van der Waals surface area contributed by atoms with Crippen LogP contribution in [0.25, 0.3) is 0 Å². The first-order valence-electron chi connectivity index (χ1n) is 6.38. The van der Waals surface area contributed by atoms with Crippen LogP contribution >= 0.6 is 7.37 Å². The minimum absolute atomic E-state index is 0.0449. The third-order valence-corrected chi connectivity index (χ3v) is 3.11. The van der Waals surface area contributed by atoms with Crippen LogP contribution in [0.2, 0.25) is 0 Å². The molecule has 19 heavy (non-hydrogen) atoms. The zero-order valence-corrected chi connectivity index (χ0v) is 13.7. The van der Waals surface area contributed by atoms with Crippen LogP contribution in [0, 0.1) is 0 Å². The summed E-state index contributed by atoms with van der Waals surface area (Å²) < 4.78 is 15.1. The van der Waals surface area contributed by atoms with E-state index in [1.54, 1.807) is 0 Å². The minimum Gasteiger partial charge on any atom is -0.468 e. The molecule has 0 aromatic rings. The van der Waals surface area contributed by atoms with Crippen molar-refractivity contribution in [2.75, 3.05) is 19.9 Å². The summed E-state index contributed by atoms with van der Waals surface area (Å²) in [5.74, 6) is -0.552. The van der Waals surface area contributed by atoms with Crippen LogP contribution in [0.15, 0.2) is 0 Å². The lowest BCUT2D eigenvalue weighted by Gasteiger charge is -2.10. The van der Waals surface area contributed by atoms with Gasteiger partial charge >= 0.3 is 5.97 Å². The van der Waals surface area contributed by atoms with Crippen LogP contribution < -0.4 is 11.1 Å². The van der Waals surface area contributed by atoms with Crippen molar-refractivity contribution in [2.45, 2.75) is 52.2 Å². The van der Waals surface area contributed by atoms with E-state index in [0.29, 0.717) is 12.1 Å². The van der Waals surface area contributed by atoms with Gasteiger partial charge in [-0.2, -0.15) is 0 Å². The molecule has 0 aromatic heterocycles. The van der Waals surface area contributed by atoms with Gasteiger partial charge in [-0.3, -0.25) is 9.36 Å². The maximum atomic E-state index is 10.8. The van der Waals surface area contributed by atoms with Gasteiger partial charge in [0.2, 0.25) is 0 Å². The first-order valence-corrected chi connectivity index (χ1v) is 8.67. The lowest BCUT2D eigenvalue weighted by Crippen LogP contribution is -2.32. The number of carbonyl (C=O) groups is 1. The molecule has 0 rings (SSSR count). The summed E-state index contributed by atoms with van der Waals surface area (Å²) in [4.78, 5) is 19.6. The number of rotatable bonds is 6. The summed E-state index contributed by atoms with van der Waals surface area (Å²) >= 11 is 0. The van der Waals surface area contributed by atoms with Crippen LogP contribution in [0.4, 0.5) is 0 Å². The van der Waals surface area contributed by atoms with Crippen molar-refractivity contribution in [3.8, 4) is 0 Å². The molecule has 0 amide bonds. The second kappa shape index (κ2) is 10.4.